The summed E-state index contributed by atoms with van der Waals surface area (Å²) < 4.78 is 35.7. The fourth-order valence-corrected chi connectivity index (χ4v) is 1.95. The predicted octanol–water partition coefficient (Wildman–Crippen LogP) is 3.38. The molecule has 0 aliphatic heterocycles. The van der Waals surface area contributed by atoms with Crippen LogP contribution < -0.4 is 5.32 Å². The molecule has 3 nitrogen and oxygen atoms in total. The zero-order valence-corrected chi connectivity index (χ0v) is 9.95. The van der Waals surface area contributed by atoms with Gasteiger partial charge in [-0.1, -0.05) is 11.3 Å². The molecule has 1 unspecified atom stereocenters. The fraction of sp³-hybridized carbons (Fsp3) is 0.778. The van der Waals surface area contributed by atoms with Gasteiger partial charge >= 0.3 is 6.18 Å². The standard InChI is InChI=1S/C9H14F3N3S/c1-6(4-3-5-9(10,11)12)13-8-15-14-7(2)16-8/h6H,3-5H2,1-2H3,(H,13,15). The molecule has 0 aromatic carbocycles. The van der Waals surface area contributed by atoms with Crippen molar-refractivity contribution in [1.82, 2.24) is 10.2 Å². The molecule has 0 saturated heterocycles. The third-order valence-electron chi connectivity index (χ3n) is 1.99. The van der Waals surface area contributed by atoms with Gasteiger partial charge in [0.2, 0.25) is 5.13 Å². The summed E-state index contributed by atoms with van der Waals surface area (Å²) in [5.41, 5.74) is 0. The van der Waals surface area contributed by atoms with Crippen LogP contribution in [0.1, 0.15) is 31.2 Å². The number of nitrogens with one attached hydrogen (secondary N) is 1. The molecule has 0 amide bonds. The maximum Gasteiger partial charge on any atom is 0.389 e. The van der Waals surface area contributed by atoms with Crippen molar-refractivity contribution < 1.29 is 13.2 Å². The van der Waals surface area contributed by atoms with E-state index in [1.54, 1.807) is 0 Å². The van der Waals surface area contributed by atoms with Crippen molar-refractivity contribution in [1.29, 1.82) is 0 Å². The molecule has 1 aromatic rings. The van der Waals surface area contributed by atoms with Crippen molar-refractivity contribution in [2.75, 3.05) is 5.32 Å². The van der Waals surface area contributed by atoms with E-state index in [9.17, 15) is 13.2 Å². The molecule has 0 saturated carbocycles. The van der Waals surface area contributed by atoms with E-state index in [1.165, 1.54) is 11.3 Å². The lowest BCUT2D eigenvalue weighted by molar-refractivity contribution is -0.135. The number of nitrogens with zero attached hydrogens (tertiary/aromatic N) is 2. The fourth-order valence-electron chi connectivity index (χ4n) is 1.25. The number of rotatable bonds is 5. The third kappa shape index (κ3) is 5.29. The Kier molecular flexibility index (Phi) is 4.52. The molecule has 0 fully saturated rings. The molecule has 1 N–H and O–H groups in total. The highest BCUT2D eigenvalue weighted by Gasteiger charge is 2.26. The highest BCUT2D eigenvalue weighted by molar-refractivity contribution is 7.15. The quantitative estimate of drug-likeness (QED) is 0.874. The molecule has 1 atom stereocenters. The van der Waals surface area contributed by atoms with Gasteiger partial charge in [0.15, 0.2) is 0 Å². The first kappa shape index (κ1) is 13.2. The van der Waals surface area contributed by atoms with Gasteiger partial charge in [-0.3, -0.25) is 0 Å². The highest BCUT2D eigenvalue weighted by atomic mass is 32.1. The lowest BCUT2D eigenvalue weighted by atomic mass is 10.1. The number of hydrogen-bond donors (Lipinski definition) is 1. The second kappa shape index (κ2) is 5.47. The molecule has 0 radical (unpaired) electrons. The third-order valence-corrected chi connectivity index (χ3v) is 2.76. The van der Waals surface area contributed by atoms with Crippen LogP contribution in [-0.2, 0) is 0 Å². The van der Waals surface area contributed by atoms with Crippen molar-refractivity contribution in [2.24, 2.45) is 0 Å². The summed E-state index contributed by atoms with van der Waals surface area (Å²) in [6, 6.07) is -0.0188. The van der Waals surface area contributed by atoms with Crippen LogP contribution in [-0.4, -0.2) is 22.4 Å². The molecule has 0 aliphatic carbocycles. The molecular weight excluding hydrogens is 239 g/mol. The Labute approximate surface area is 96.1 Å². The predicted molar refractivity (Wildman–Crippen MR) is 57.6 cm³/mol. The van der Waals surface area contributed by atoms with E-state index in [-0.39, 0.29) is 12.5 Å². The van der Waals surface area contributed by atoms with Gasteiger partial charge in [-0.25, -0.2) is 0 Å². The van der Waals surface area contributed by atoms with Crippen LogP contribution >= 0.6 is 11.3 Å². The minimum Gasteiger partial charge on any atom is -0.358 e. The summed E-state index contributed by atoms with van der Waals surface area (Å²) in [5, 5.41) is 12.2. The highest BCUT2D eigenvalue weighted by Crippen LogP contribution is 2.23. The van der Waals surface area contributed by atoms with Crippen molar-refractivity contribution in [3.63, 3.8) is 0 Å². The van der Waals surface area contributed by atoms with Gasteiger partial charge in [-0.15, -0.1) is 10.2 Å². The normalized spacial score (nSPS) is 13.8. The molecule has 16 heavy (non-hydrogen) atoms. The summed E-state index contributed by atoms with van der Waals surface area (Å²) in [7, 11) is 0. The minimum atomic E-state index is -4.06. The van der Waals surface area contributed by atoms with E-state index in [0.717, 1.165) is 5.01 Å². The topological polar surface area (TPSA) is 37.8 Å². The monoisotopic (exact) mass is 253 g/mol. The second-order valence-corrected chi connectivity index (χ2v) is 4.86. The van der Waals surface area contributed by atoms with Gasteiger partial charge in [0, 0.05) is 12.5 Å². The lowest BCUT2D eigenvalue weighted by Gasteiger charge is -2.12. The number of aryl methyl sites for hydroxylation is 1. The van der Waals surface area contributed by atoms with E-state index in [2.05, 4.69) is 15.5 Å². The second-order valence-electron chi connectivity index (χ2n) is 3.68. The average molecular weight is 253 g/mol. The van der Waals surface area contributed by atoms with E-state index in [0.29, 0.717) is 11.6 Å². The van der Waals surface area contributed by atoms with E-state index < -0.39 is 12.6 Å². The zero-order chi connectivity index (χ0) is 12.2. The van der Waals surface area contributed by atoms with Crippen molar-refractivity contribution in [2.45, 2.75) is 45.3 Å². The summed E-state index contributed by atoms with van der Waals surface area (Å²) >= 11 is 1.40. The molecule has 92 valence electrons. The summed E-state index contributed by atoms with van der Waals surface area (Å²) in [6.07, 6.45) is -4.18. The van der Waals surface area contributed by atoms with Crippen LogP contribution in [0.2, 0.25) is 0 Å². The first-order valence-electron chi connectivity index (χ1n) is 5.00. The first-order chi connectivity index (χ1) is 7.37. The van der Waals surface area contributed by atoms with Gasteiger partial charge in [-0.05, 0) is 26.7 Å². The van der Waals surface area contributed by atoms with Crippen LogP contribution in [0, 0.1) is 6.92 Å². The molecule has 0 bridgehead atoms. The van der Waals surface area contributed by atoms with Gasteiger partial charge in [0.25, 0.3) is 0 Å². The minimum absolute atomic E-state index is 0.0188. The van der Waals surface area contributed by atoms with E-state index >= 15 is 0 Å². The van der Waals surface area contributed by atoms with Crippen LogP contribution in [0.5, 0.6) is 0 Å². The molecule has 1 heterocycles. The lowest BCUT2D eigenvalue weighted by Crippen LogP contribution is -2.16. The summed E-state index contributed by atoms with van der Waals surface area (Å²) in [4.78, 5) is 0. The number of hydrogen-bond acceptors (Lipinski definition) is 4. The summed E-state index contributed by atoms with van der Waals surface area (Å²) in [6.45, 7) is 3.67. The van der Waals surface area contributed by atoms with E-state index in [4.69, 9.17) is 0 Å². The molecule has 0 aliphatic rings. The molecule has 0 spiro atoms. The average Bonchev–Trinajstić information content (AvgIpc) is 2.48. The smallest absolute Gasteiger partial charge is 0.358 e. The Morgan fingerprint density at radius 2 is 2.06 bits per heavy atom. The van der Waals surface area contributed by atoms with Crippen LogP contribution in [0.15, 0.2) is 0 Å². The Morgan fingerprint density at radius 1 is 1.38 bits per heavy atom. The molecular formula is C9H14F3N3S. The van der Waals surface area contributed by atoms with E-state index in [1.807, 2.05) is 13.8 Å². The van der Waals surface area contributed by atoms with Crippen LogP contribution in [0.25, 0.3) is 0 Å². The largest absolute Gasteiger partial charge is 0.389 e. The van der Waals surface area contributed by atoms with Crippen LogP contribution in [0.4, 0.5) is 18.3 Å². The molecule has 7 heteroatoms. The zero-order valence-electron chi connectivity index (χ0n) is 9.14. The Morgan fingerprint density at radius 3 is 2.56 bits per heavy atom. The van der Waals surface area contributed by atoms with Gasteiger partial charge < -0.3 is 5.32 Å². The van der Waals surface area contributed by atoms with Crippen LogP contribution in [0.3, 0.4) is 0 Å². The maximum atomic E-state index is 11.9. The number of aromatic nitrogens is 2. The SMILES string of the molecule is Cc1nnc(NC(C)CCCC(F)(F)F)s1. The van der Waals surface area contributed by atoms with Gasteiger partial charge in [-0.2, -0.15) is 13.2 Å². The maximum absolute atomic E-state index is 11.9. The van der Waals surface area contributed by atoms with Crippen molar-refractivity contribution in [3.05, 3.63) is 5.01 Å². The Bertz CT molecular complexity index is 324. The number of halogens is 3. The number of anilines is 1. The first-order valence-corrected chi connectivity index (χ1v) is 5.82. The van der Waals surface area contributed by atoms with Gasteiger partial charge in [0.1, 0.15) is 5.01 Å². The Hall–Kier alpha value is -0.850. The van der Waals surface area contributed by atoms with Crippen molar-refractivity contribution in [3.8, 4) is 0 Å². The summed E-state index contributed by atoms with van der Waals surface area (Å²) in [5.74, 6) is 0. The number of alkyl halides is 3. The molecule has 1 aromatic heterocycles. The molecule has 1 rings (SSSR count). The van der Waals surface area contributed by atoms with Gasteiger partial charge in [0.05, 0.1) is 0 Å². The van der Waals surface area contributed by atoms with Crippen molar-refractivity contribution >= 4 is 16.5 Å². The Balaban J connectivity index is 2.23.